The number of thiazole rings is 1. The Morgan fingerprint density at radius 1 is 1.09 bits per heavy atom. The van der Waals surface area contributed by atoms with Crippen molar-refractivity contribution in [2.75, 3.05) is 27.9 Å². The highest BCUT2D eigenvalue weighted by atomic mass is 32.1. The van der Waals surface area contributed by atoms with Crippen LogP contribution in [-0.2, 0) is 9.53 Å². The lowest BCUT2D eigenvalue weighted by molar-refractivity contribution is -0.384. The summed E-state index contributed by atoms with van der Waals surface area (Å²) in [4.78, 5) is 43.0. The van der Waals surface area contributed by atoms with Crippen molar-refractivity contribution in [2.45, 2.75) is 19.9 Å². The fourth-order valence-corrected chi connectivity index (χ4v) is 5.87. The molecule has 43 heavy (non-hydrogen) atoms. The zero-order valence-corrected chi connectivity index (χ0v) is 24.7. The molecule has 0 saturated carbocycles. The van der Waals surface area contributed by atoms with Crippen LogP contribution >= 0.6 is 11.3 Å². The molecule has 5 rings (SSSR count). The quantitative estimate of drug-likeness (QED) is 0.157. The van der Waals surface area contributed by atoms with Gasteiger partial charge in [0, 0.05) is 23.8 Å². The molecule has 3 heterocycles. The average molecular weight is 606 g/mol. The van der Waals surface area contributed by atoms with Crippen molar-refractivity contribution in [3.05, 3.63) is 101 Å². The van der Waals surface area contributed by atoms with Crippen LogP contribution in [0.4, 0.5) is 5.69 Å². The fourth-order valence-electron chi connectivity index (χ4n) is 4.85. The van der Waals surface area contributed by atoms with Gasteiger partial charge in [-0.3, -0.25) is 19.5 Å². The first-order valence-electron chi connectivity index (χ1n) is 13.0. The van der Waals surface area contributed by atoms with Crippen molar-refractivity contribution in [3.8, 4) is 28.6 Å². The van der Waals surface area contributed by atoms with Gasteiger partial charge >= 0.3 is 5.97 Å². The molecule has 13 heteroatoms. The number of furan rings is 1. The van der Waals surface area contributed by atoms with Gasteiger partial charge in [0.25, 0.3) is 11.2 Å². The van der Waals surface area contributed by atoms with Crippen LogP contribution in [0.1, 0.15) is 31.2 Å². The number of nitro groups is 1. The normalized spacial score (nSPS) is 14.6. The number of aromatic nitrogens is 1. The van der Waals surface area contributed by atoms with E-state index in [2.05, 4.69) is 4.99 Å². The van der Waals surface area contributed by atoms with Crippen molar-refractivity contribution < 1.29 is 33.1 Å². The van der Waals surface area contributed by atoms with E-state index in [1.807, 2.05) is 0 Å². The van der Waals surface area contributed by atoms with Gasteiger partial charge < -0.3 is 23.4 Å². The Bertz CT molecular complexity index is 1950. The molecule has 0 saturated heterocycles. The van der Waals surface area contributed by atoms with Crippen LogP contribution < -0.4 is 29.1 Å². The summed E-state index contributed by atoms with van der Waals surface area (Å²) in [6.07, 6.45) is 1.56. The second-order valence-electron chi connectivity index (χ2n) is 9.25. The first-order chi connectivity index (χ1) is 20.7. The van der Waals surface area contributed by atoms with Gasteiger partial charge in [-0.25, -0.2) is 9.79 Å². The molecule has 0 amide bonds. The van der Waals surface area contributed by atoms with Crippen molar-refractivity contribution in [1.29, 1.82) is 0 Å². The molecule has 1 aliphatic heterocycles. The topological polar surface area (TPSA) is 145 Å². The van der Waals surface area contributed by atoms with Crippen LogP contribution in [0.3, 0.4) is 0 Å². The van der Waals surface area contributed by atoms with Crippen molar-refractivity contribution in [3.63, 3.8) is 0 Å². The molecule has 0 aliphatic carbocycles. The standard InChI is InChI=1S/C30H27N3O9S/c1-6-41-29(35)26-16(2)31-30-32(27(26)21-14-18(38-3)8-11-23(21)40-5)28(34)25(43-30)15-19-9-12-24(42-19)20-13-17(33(36)37)7-10-22(20)39-4/h7-15,27H,6H2,1-5H3/b25-15-/t27-/m0/s1. The highest BCUT2D eigenvalue weighted by Crippen LogP contribution is 2.38. The number of nitro benzene ring substituents is 1. The summed E-state index contributed by atoms with van der Waals surface area (Å²) in [5, 5.41) is 11.3. The fraction of sp³-hybridized carbons (Fsp3) is 0.233. The van der Waals surface area contributed by atoms with Crippen LogP contribution in [0.5, 0.6) is 17.2 Å². The summed E-state index contributed by atoms with van der Waals surface area (Å²) in [5.74, 6) is 1.38. The Balaban J connectivity index is 1.67. The SMILES string of the molecule is CCOC(=O)C1=C(C)N=c2s/c(=C\c3ccc(-c4cc([N+](=O)[O-])ccc4OC)o3)c(=O)n2[C@H]1c1cc(OC)ccc1OC. The van der Waals surface area contributed by atoms with Gasteiger partial charge in [0.05, 0.1) is 54.2 Å². The zero-order valence-electron chi connectivity index (χ0n) is 23.9. The van der Waals surface area contributed by atoms with Gasteiger partial charge in [-0.2, -0.15) is 0 Å². The third-order valence-electron chi connectivity index (χ3n) is 6.81. The van der Waals surface area contributed by atoms with Crippen LogP contribution in [-0.4, -0.2) is 43.4 Å². The number of fused-ring (bicyclic) bond motifs is 1. The number of nitrogens with zero attached hydrogens (tertiary/aromatic N) is 3. The predicted molar refractivity (Wildman–Crippen MR) is 157 cm³/mol. The molecular formula is C30H27N3O9S. The number of ether oxygens (including phenoxy) is 4. The van der Waals surface area contributed by atoms with Crippen molar-refractivity contribution >= 4 is 29.1 Å². The molecule has 0 fully saturated rings. The smallest absolute Gasteiger partial charge is 0.338 e. The summed E-state index contributed by atoms with van der Waals surface area (Å²) in [7, 11) is 4.47. The summed E-state index contributed by atoms with van der Waals surface area (Å²) in [6.45, 7) is 3.53. The minimum absolute atomic E-state index is 0.122. The van der Waals surface area contributed by atoms with Gasteiger partial charge in [0.2, 0.25) is 0 Å². The van der Waals surface area contributed by atoms with Gasteiger partial charge in [0.15, 0.2) is 4.80 Å². The minimum Gasteiger partial charge on any atom is -0.497 e. The number of allylic oxidation sites excluding steroid dienone is 1. The third kappa shape index (κ3) is 5.42. The number of benzene rings is 2. The molecule has 0 unspecified atom stereocenters. The number of esters is 1. The summed E-state index contributed by atoms with van der Waals surface area (Å²) >= 11 is 1.12. The largest absolute Gasteiger partial charge is 0.497 e. The number of hydrogen-bond acceptors (Lipinski definition) is 11. The van der Waals surface area contributed by atoms with Crippen LogP contribution in [0, 0.1) is 10.1 Å². The van der Waals surface area contributed by atoms with Crippen molar-refractivity contribution in [1.82, 2.24) is 4.57 Å². The Morgan fingerprint density at radius 3 is 2.51 bits per heavy atom. The molecule has 0 N–H and O–H groups in total. The molecule has 12 nitrogen and oxygen atoms in total. The molecule has 222 valence electrons. The molecule has 2 aromatic heterocycles. The second-order valence-corrected chi connectivity index (χ2v) is 10.3. The van der Waals surface area contributed by atoms with Gasteiger partial charge in [-0.15, -0.1) is 0 Å². The van der Waals surface area contributed by atoms with E-state index < -0.39 is 22.5 Å². The van der Waals surface area contributed by atoms with E-state index in [0.717, 1.165) is 11.3 Å². The number of rotatable bonds is 9. The molecule has 0 radical (unpaired) electrons. The maximum atomic E-state index is 14.0. The Kier molecular flexibility index (Phi) is 8.17. The van der Waals surface area contributed by atoms with Gasteiger partial charge in [0.1, 0.15) is 34.8 Å². The first kappa shape index (κ1) is 29.3. The van der Waals surface area contributed by atoms with E-state index in [4.69, 9.17) is 23.4 Å². The summed E-state index contributed by atoms with van der Waals surface area (Å²) < 4.78 is 29.5. The molecule has 0 spiro atoms. The molecule has 2 aromatic carbocycles. The highest BCUT2D eigenvalue weighted by Gasteiger charge is 2.35. The van der Waals surface area contributed by atoms with Gasteiger partial charge in [-0.1, -0.05) is 11.3 Å². The Hall–Kier alpha value is -5.17. The lowest BCUT2D eigenvalue weighted by atomic mass is 9.95. The minimum atomic E-state index is -0.913. The number of non-ortho nitro benzene ring substituents is 1. The van der Waals surface area contributed by atoms with E-state index >= 15 is 0 Å². The molecule has 0 bridgehead atoms. The zero-order chi connectivity index (χ0) is 30.8. The predicted octanol–water partition coefficient (Wildman–Crippen LogP) is 3.99. The maximum absolute atomic E-state index is 14.0. The average Bonchev–Trinajstić information content (AvgIpc) is 3.59. The molecule has 1 atom stereocenters. The second kappa shape index (κ2) is 12.0. The third-order valence-corrected chi connectivity index (χ3v) is 7.79. The van der Waals surface area contributed by atoms with E-state index in [-0.39, 0.29) is 22.4 Å². The summed E-state index contributed by atoms with van der Waals surface area (Å²) in [5.41, 5.74) is 0.966. The van der Waals surface area contributed by atoms with Crippen LogP contribution in [0.25, 0.3) is 17.4 Å². The maximum Gasteiger partial charge on any atom is 0.338 e. The number of carbonyl (C=O) groups is 1. The van der Waals surface area contributed by atoms with Crippen LogP contribution in [0.15, 0.2) is 74.0 Å². The number of carbonyl (C=O) groups excluding carboxylic acids is 1. The van der Waals surface area contributed by atoms with E-state index in [0.29, 0.717) is 50.4 Å². The van der Waals surface area contributed by atoms with Crippen LogP contribution in [0.2, 0.25) is 0 Å². The highest BCUT2D eigenvalue weighted by molar-refractivity contribution is 7.07. The molecular weight excluding hydrogens is 578 g/mol. The Morgan fingerprint density at radius 2 is 1.84 bits per heavy atom. The monoisotopic (exact) mass is 605 g/mol. The van der Waals surface area contributed by atoms with E-state index in [9.17, 15) is 19.7 Å². The van der Waals surface area contributed by atoms with Gasteiger partial charge in [-0.05, 0) is 50.2 Å². The van der Waals surface area contributed by atoms with E-state index in [1.165, 1.54) is 44.1 Å². The molecule has 1 aliphatic rings. The number of methoxy groups -OCH3 is 3. The van der Waals surface area contributed by atoms with E-state index in [1.54, 1.807) is 50.3 Å². The summed E-state index contributed by atoms with van der Waals surface area (Å²) in [6, 6.07) is 11.7. The van der Waals surface area contributed by atoms with Crippen molar-refractivity contribution in [2.24, 2.45) is 4.99 Å². The lowest BCUT2D eigenvalue weighted by Crippen LogP contribution is -2.40. The lowest BCUT2D eigenvalue weighted by Gasteiger charge is -2.26. The molecule has 4 aromatic rings. The Labute approximate surface area is 248 Å². The first-order valence-corrected chi connectivity index (χ1v) is 13.9. The number of hydrogen-bond donors (Lipinski definition) is 0.